The van der Waals surface area contributed by atoms with E-state index in [4.69, 9.17) is 16.3 Å². The van der Waals surface area contributed by atoms with E-state index >= 15 is 0 Å². The average molecular weight is 494 g/mol. The molecule has 0 aliphatic rings. The van der Waals surface area contributed by atoms with Gasteiger partial charge in [0.25, 0.3) is 5.91 Å². The van der Waals surface area contributed by atoms with Crippen LogP contribution < -0.4 is 20.1 Å². The van der Waals surface area contributed by atoms with Gasteiger partial charge in [-0.05, 0) is 30.3 Å². The molecule has 2 aromatic heterocycles. The van der Waals surface area contributed by atoms with E-state index in [1.807, 2.05) is 0 Å². The Morgan fingerprint density at radius 1 is 1.12 bits per heavy atom. The van der Waals surface area contributed by atoms with Crippen LogP contribution in [0.5, 0.6) is 17.2 Å². The zero-order valence-corrected chi connectivity index (χ0v) is 18.5. The lowest BCUT2D eigenvalue weighted by atomic mass is 10.3. The van der Waals surface area contributed by atoms with E-state index < -0.39 is 12.1 Å². The van der Waals surface area contributed by atoms with Crippen LogP contribution in [0.25, 0.3) is 11.0 Å². The molecule has 2 heterocycles. The molecule has 0 bridgehead atoms. The Bertz CT molecular complexity index is 1380. The molecule has 0 fully saturated rings. The maximum absolute atomic E-state index is 12.8. The lowest BCUT2D eigenvalue weighted by Gasteiger charge is -2.14. The van der Waals surface area contributed by atoms with Crippen LogP contribution >= 0.6 is 11.6 Å². The van der Waals surface area contributed by atoms with Crippen molar-refractivity contribution in [1.82, 2.24) is 19.9 Å². The second kappa shape index (κ2) is 9.10. The molecule has 12 heteroatoms. The first-order valence-electron chi connectivity index (χ1n) is 9.78. The largest absolute Gasteiger partial charge is 0.573 e. The molecule has 0 saturated heterocycles. The summed E-state index contributed by atoms with van der Waals surface area (Å²) in [6, 6.07) is 12.1. The van der Waals surface area contributed by atoms with Crippen LogP contribution in [0.15, 0.2) is 54.7 Å². The van der Waals surface area contributed by atoms with Gasteiger partial charge in [-0.2, -0.15) is 0 Å². The highest BCUT2D eigenvalue weighted by molar-refractivity contribution is 6.30. The van der Waals surface area contributed by atoms with Gasteiger partial charge in [-0.1, -0.05) is 11.6 Å². The van der Waals surface area contributed by atoms with Crippen molar-refractivity contribution in [2.24, 2.45) is 7.05 Å². The van der Waals surface area contributed by atoms with Crippen molar-refractivity contribution in [2.75, 3.05) is 12.4 Å². The highest BCUT2D eigenvalue weighted by Crippen LogP contribution is 2.35. The molecule has 0 saturated carbocycles. The van der Waals surface area contributed by atoms with Gasteiger partial charge >= 0.3 is 6.36 Å². The number of hydrogen-bond donors (Lipinski definition) is 2. The number of aromatic nitrogens is 3. The van der Waals surface area contributed by atoms with Gasteiger partial charge in [0.15, 0.2) is 5.75 Å². The Morgan fingerprint density at radius 3 is 2.62 bits per heavy atom. The van der Waals surface area contributed by atoms with Crippen LogP contribution in [-0.4, -0.2) is 33.9 Å². The normalized spacial score (nSPS) is 11.4. The highest BCUT2D eigenvalue weighted by Gasteiger charge is 2.32. The third-order valence-electron chi connectivity index (χ3n) is 4.69. The lowest BCUT2D eigenvalue weighted by Crippen LogP contribution is -2.18. The molecule has 0 unspecified atom stereocenters. The summed E-state index contributed by atoms with van der Waals surface area (Å²) in [6.07, 6.45) is -3.43. The lowest BCUT2D eigenvalue weighted by molar-refractivity contribution is -0.274. The van der Waals surface area contributed by atoms with E-state index in [9.17, 15) is 18.0 Å². The Morgan fingerprint density at radius 2 is 1.88 bits per heavy atom. The summed E-state index contributed by atoms with van der Waals surface area (Å²) in [7, 11) is 3.21. The molecular formula is C22H19ClF3N5O3. The molecule has 0 aliphatic carbocycles. The molecule has 2 N–H and O–H groups in total. The molecule has 4 rings (SSSR count). The molecule has 4 aromatic rings. The summed E-state index contributed by atoms with van der Waals surface area (Å²) in [6.45, 7) is 0. The molecule has 1 amide bonds. The highest BCUT2D eigenvalue weighted by atomic mass is 35.5. The van der Waals surface area contributed by atoms with E-state index in [0.717, 1.165) is 6.07 Å². The van der Waals surface area contributed by atoms with Crippen molar-refractivity contribution in [2.45, 2.75) is 6.36 Å². The predicted octanol–water partition coefficient (Wildman–Crippen LogP) is 5.66. The number of carbonyl (C=O) groups excluding carboxylic acids is 1. The molecular weight excluding hydrogens is 475 g/mol. The van der Waals surface area contributed by atoms with Gasteiger partial charge in [0.2, 0.25) is 5.95 Å². The zero-order valence-electron chi connectivity index (χ0n) is 17.8. The van der Waals surface area contributed by atoms with Gasteiger partial charge in [-0.15, -0.1) is 13.2 Å². The molecule has 0 aliphatic heterocycles. The maximum atomic E-state index is 12.8. The topological polar surface area (TPSA) is 90.3 Å². The van der Waals surface area contributed by atoms with Crippen LogP contribution in [0.2, 0.25) is 5.02 Å². The Hall–Kier alpha value is -3.99. The number of hydrogen-bond acceptors (Lipinski definition) is 6. The fourth-order valence-electron chi connectivity index (χ4n) is 3.15. The van der Waals surface area contributed by atoms with Gasteiger partial charge in [0.1, 0.15) is 17.2 Å². The van der Waals surface area contributed by atoms with Crippen molar-refractivity contribution in [1.29, 1.82) is 0 Å². The van der Waals surface area contributed by atoms with Gasteiger partial charge < -0.3 is 24.7 Å². The van der Waals surface area contributed by atoms with E-state index in [0.29, 0.717) is 22.5 Å². The molecule has 34 heavy (non-hydrogen) atoms. The van der Waals surface area contributed by atoms with Crippen molar-refractivity contribution in [3.63, 3.8) is 0 Å². The Balaban J connectivity index is 0.00000342. The number of pyridine rings is 1. The monoisotopic (exact) mass is 493 g/mol. The van der Waals surface area contributed by atoms with E-state index in [2.05, 4.69) is 25.3 Å². The van der Waals surface area contributed by atoms with Crippen molar-refractivity contribution >= 4 is 40.2 Å². The fraction of sp³-hybridized carbons (Fsp3) is 0.136. The number of aryl methyl sites for hydroxylation is 1. The third kappa shape index (κ3) is 5.15. The Labute approximate surface area is 197 Å². The van der Waals surface area contributed by atoms with Crippen LogP contribution in [-0.2, 0) is 7.05 Å². The summed E-state index contributed by atoms with van der Waals surface area (Å²) in [5, 5.41) is 5.43. The van der Waals surface area contributed by atoms with Crippen molar-refractivity contribution in [3.05, 3.63) is 65.4 Å². The van der Waals surface area contributed by atoms with Gasteiger partial charge in [0, 0.05) is 44.9 Å². The SMILES string of the molecule is CNC(=O)c1cc(Oc2ccc3c(c2)nc(Nc2ccc(Cl)cc2OC(F)(F)F)n3C)ccn1.[HH]. The molecule has 178 valence electrons. The fourth-order valence-corrected chi connectivity index (χ4v) is 3.31. The summed E-state index contributed by atoms with van der Waals surface area (Å²) in [4.78, 5) is 20.2. The summed E-state index contributed by atoms with van der Waals surface area (Å²) < 4.78 is 50.0. The predicted molar refractivity (Wildman–Crippen MR) is 122 cm³/mol. The molecule has 2 aromatic carbocycles. The van der Waals surface area contributed by atoms with Crippen molar-refractivity contribution in [3.8, 4) is 17.2 Å². The number of anilines is 2. The van der Waals surface area contributed by atoms with E-state index in [-0.39, 0.29) is 29.7 Å². The zero-order chi connectivity index (χ0) is 24.5. The Kier molecular flexibility index (Phi) is 6.20. The molecule has 0 radical (unpaired) electrons. The first kappa shape index (κ1) is 23.2. The van der Waals surface area contributed by atoms with Crippen LogP contribution in [0.4, 0.5) is 24.8 Å². The van der Waals surface area contributed by atoms with Crippen molar-refractivity contribution < 1.29 is 28.9 Å². The van der Waals surface area contributed by atoms with E-state index in [1.165, 1.54) is 31.4 Å². The van der Waals surface area contributed by atoms with Crippen LogP contribution in [0.3, 0.4) is 0 Å². The number of carbonyl (C=O) groups is 1. The second-order valence-electron chi connectivity index (χ2n) is 7.02. The summed E-state index contributed by atoms with van der Waals surface area (Å²) in [5.74, 6) is 0.279. The van der Waals surface area contributed by atoms with Gasteiger partial charge in [0.05, 0.1) is 16.7 Å². The number of halogens is 4. The second-order valence-corrected chi connectivity index (χ2v) is 7.45. The molecule has 0 spiro atoms. The number of benzene rings is 2. The average Bonchev–Trinajstić information content (AvgIpc) is 3.08. The minimum Gasteiger partial charge on any atom is -0.457 e. The maximum Gasteiger partial charge on any atom is 0.573 e. The first-order valence-corrected chi connectivity index (χ1v) is 10.2. The standard InChI is InChI=1S/C22H17ClF3N5O3.H2/c1-27-20(32)17-11-14(7-8-28-17)33-13-4-6-18-16(10-13)30-21(31(18)2)29-15-5-3-12(23)9-19(15)34-22(24,25)26;/h3-11H,1-2H3,(H,27,32)(H,29,30);1H. The smallest absolute Gasteiger partial charge is 0.457 e. The quantitative estimate of drug-likeness (QED) is 0.360. The van der Waals surface area contributed by atoms with Gasteiger partial charge in [-0.3, -0.25) is 9.78 Å². The number of ether oxygens (including phenoxy) is 2. The number of nitrogens with zero attached hydrogens (tertiary/aromatic N) is 3. The third-order valence-corrected chi connectivity index (χ3v) is 4.93. The summed E-state index contributed by atoms with van der Waals surface area (Å²) >= 11 is 5.83. The van der Waals surface area contributed by atoms with Crippen LogP contribution in [0, 0.1) is 0 Å². The minimum atomic E-state index is -4.88. The number of nitrogens with one attached hydrogen (secondary N) is 2. The summed E-state index contributed by atoms with van der Waals surface area (Å²) in [5.41, 5.74) is 1.46. The molecule has 0 atom stereocenters. The number of amides is 1. The number of imidazole rings is 1. The van der Waals surface area contributed by atoms with Gasteiger partial charge in [-0.25, -0.2) is 4.98 Å². The first-order chi connectivity index (χ1) is 16.1. The minimum absolute atomic E-state index is 0. The van der Waals surface area contributed by atoms with Crippen LogP contribution in [0.1, 0.15) is 11.9 Å². The molecule has 8 nitrogen and oxygen atoms in total. The number of alkyl halides is 3. The van der Waals surface area contributed by atoms with E-state index in [1.54, 1.807) is 35.9 Å². The number of rotatable bonds is 6. The number of fused-ring (bicyclic) bond motifs is 1.